The Morgan fingerprint density at radius 1 is 1.19 bits per heavy atom. The van der Waals surface area contributed by atoms with Gasteiger partial charge in [0, 0.05) is 18.5 Å². The fourth-order valence-corrected chi connectivity index (χ4v) is 6.18. The molecule has 27 heavy (non-hydrogen) atoms. The standard InChI is InChI=1S/C19H21N3O4S/c1-13-7-8-16-14(11-13)15-12-20(2)10-9-17(15)21(16)27(25,26)19-6-4-3-5-18(19)22(23)24/h3-8,11,15,17H,9-10,12H2,1-2H3/t15-,17+/m0/s1. The van der Waals surface area contributed by atoms with Crippen molar-refractivity contribution in [2.24, 2.45) is 0 Å². The molecule has 4 rings (SSSR count). The Bertz CT molecular complexity index is 1020. The van der Waals surface area contributed by atoms with E-state index in [4.69, 9.17) is 0 Å². The summed E-state index contributed by atoms with van der Waals surface area (Å²) in [6.45, 7) is 3.54. The van der Waals surface area contributed by atoms with Crippen LogP contribution in [0.3, 0.4) is 0 Å². The Hall–Kier alpha value is -2.45. The molecule has 0 aliphatic carbocycles. The molecule has 7 nitrogen and oxygen atoms in total. The van der Waals surface area contributed by atoms with E-state index in [9.17, 15) is 18.5 Å². The number of nitro benzene ring substituents is 1. The molecule has 2 aromatic carbocycles. The van der Waals surface area contributed by atoms with Crippen molar-refractivity contribution in [2.75, 3.05) is 24.4 Å². The molecular weight excluding hydrogens is 366 g/mol. The average molecular weight is 387 g/mol. The van der Waals surface area contributed by atoms with Gasteiger partial charge < -0.3 is 4.90 Å². The largest absolute Gasteiger partial charge is 0.306 e. The average Bonchev–Trinajstić information content (AvgIpc) is 2.95. The van der Waals surface area contributed by atoms with Crippen LogP contribution in [0.1, 0.15) is 23.5 Å². The molecule has 0 N–H and O–H groups in total. The molecule has 1 fully saturated rings. The summed E-state index contributed by atoms with van der Waals surface area (Å²) in [6, 6.07) is 11.1. The summed E-state index contributed by atoms with van der Waals surface area (Å²) < 4.78 is 28.5. The van der Waals surface area contributed by atoms with Gasteiger partial charge in [-0.25, -0.2) is 8.42 Å². The van der Waals surface area contributed by atoms with Gasteiger partial charge in [-0.2, -0.15) is 0 Å². The highest BCUT2D eigenvalue weighted by atomic mass is 32.2. The van der Waals surface area contributed by atoms with Crippen LogP contribution >= 0.6 is 0 Å². The van der Waals surface area contributed by atoms with Gasteiger partial charge in [0.15, 0.2) is 4.90 Å². The number of rotatable bonds is 3. The number of benzene rings is 2. The number of nitro groups is 1. The number of nitrogens with zero attached hydrogens (tertiary/aromatic N) is 3. The molecule has 1 saturated heterocycles. The van der Waals surface area contributed by atoms with E-state index >= 15 is 0 Å². The number of likely N-dealkylation sites (tertiary alicyclic amines) is 1. The zero-order valence-electron chi connectivity index (χ0n) is 15.2. The first-order chi connectivity index (χ1) is 12.8. The third kappa shape index (κ3) is 2.80. The van der Waals surface area contributed by atoms with E-state index in [1.54, 1.807) is 0 Å². The maximum absolute atomic E-state index is 13.6. The first kappa shape index (κ1) is 17.9. The summed E-state index contributed by atoms with van der Waals surface area (Å²) in [4.78, 5) is 12.7. The molecule has 0 aromatic heterocycles. The van der Waals surface area contributed by atoms with Crippen molar-refractivity contribution in [2.45, 2.75) is 30.2 Å². The van der Waals surface area contributed by atoms with Crippen LogP contribution in [-0.4, -0.2) is 44.4 Å². The zero-order valence-corrected chi connectivity index (χ0v) is 16.0. The van der Waals surface area contributed by atoms with Gasteiger partial charge in [-0.05, 0) is 44.6 Å². The molecule has 8 heteroatoms. The van der Waals surface area contributed by atoms with Crippen LogP contribution in [0, 0.1) is 17.0 Å². The molecule has 0 unspecified atom stereocenters. The second kappa shape index (κ2) is 6.31. The summed E-state index contributed by atoms with van der Waals surface area (Å²) in [5.41, 5.74) is 2.34. The normalized spacial score (nSPS) is 22.4. The maximum Gasteiger partial charge on any atom is 0.289 e. The molecule has 0 amide bonds. The minimum atomic E-state index is -4.06. The van der Waals surface area contributed by atoms with E-state index in [0.29, 0.717) is 12.1 Å². The number of fused-ring (bicyclic) bond motifs is 3. The van der Waals surface area contributed by atoms with Crippen molar-refractivity contribution in [1.29, 1.82) is 0 Å². The van der Waals surface area contributed by atoms with Gasteiger partial charge in [0.05, 0.1) is 16.7 Å². The van der Waals surface area contributed by atoms with Gasteiger partial charge in [0.25, 0.3) is 15.7 Å². The summed E-state index contributed by atoms with van der Waals surface area (Å²) in [7, 11) is -2.02. The molecule has 2 aliphatic rings. The van der Waals surface area contributed by atoms with Crippen molar-refractivity contribution in [3.63, 3.8) is 0 Å². The van der Waals surface area contributed by atoms with Crippen molar-refractivity contribution in [3.05, 3.63) is 63.7 Å². The van der Waals surface area contributed by atoms with Gasteiger partial charge in [-0.3, -0.25) is 14.4 Å². The second-order valence-corrected chi connectivity index (χ2v) is 9.10. The second-order valence-electron chi connectivity index (χ2n) is 7.31. The van der Waals surface area contributed by atoms with Gasteiger partial charge >= 0.3 is 0 Å². The third-order valence-corrected chi connectivity index (χ3v) is 7.39. The van der Waals surface area contributed by atoms with Gasteiger partial charge in [-0.1, -0.05) is 29.8 Å². The first-order valence-electron chi connectivity index (χ1n) is 8.87. The summed E-state index contributed by atoms with van der Waals surface area (Å²) in [5, 5.41) is 11.4. The Morgan fingerprint density at radius 2 is 1.93 bits per heavy atom. The lowest BCUT2D eigenvalue weighted by atomic mass is 9.89. The van der Waals surface area contributed by atoms with Crippen LogP contribution in [0.25, 0.3) is 0 Å². The predicted molar refractivity (Wildman–Crippen MR) is 103 cm³/mol. The van der Waals surface area contributed by atoms with E-state index in [0.717, 1.165) is 24.2 Å². The molecule has 2 atom stereocenters. The molecule has 0 spiro atoms. The number of hydrogen-bond donors (Lipinski definition) is 0. The van der Waals surface area contributed by atoms with Crippen molar-refractivity contribution < 1.29 is 13.3 Å². The van der Waals surface area contributed by atoms with Crippen LogP contribution < -0.4 is 4.31 Å². The maximum atomic E-state index is 13.6. The van der Waals surface area contributed by atoms with Crippen LogP contribution in [0.5, 0.6) is 0 Å². The summed E-state index contributed by atoms with van der Waals surface area (Å²) in [5.74, 6) is 0.0659. The third-order valence-electron chi connectivity index (χ3n) is 5.50. The smallest absolute Gasteiger partial charge is 0.289 e. The number of para-hydroxylation sites is 1. The van der Waals surface area contributed by atoms with Crippen LogP contribution in [0.15, 0.2) is 47.4 Å². The molecular formula is C19H21N3O4S. The predicted octanol–water partition coefficient (Wildman–Crippen LogP) is 2.90. The fourth-order valence-electron chi connectivity index (χ4n) is 4.28. The molecule has 2 heterocycles. The number of anilines is 1. The highest BCUT2D eigenvalue weighted by Crippen LogP contribution is 2.48. The number of aryl methyl sites for hydroxylation is 1. The Labute approximate surface area is 158 Å². The lowest BCUT2D eigenvalue weighted by molar-refractivity contribution is -0.387. The summed E-state index contributed by atoms with van der Waals surface area (Å²) in [6.07, 6.45) is 0.689. The lowest BCUT2D eigenvalue weighted by Gasteiger charge is -2.36. The Morgan fingerprint density at radius 3 is 2.67 bits per heavy atom. The molecule has 0 saturated carbocycles. The zero-order chi connectivity index (χ0) is 19.3. The number of piperidine rings is 1. The topological polar surface area (TPSA) is 83.8 Å². The number of likely N-dealkylation sites (N-methyl/N-ethyl adjacent to an activating group) is 1. The van der Waals surface area contributed by atoms with E-state index in [2.05, 4.69) is 4.90 Å². The fraction of sp³-hybridized carbons (Fsp3) is 0.368. The van der Waals surface area contributed by atoms with Crippen LogP contribution in [0.2, 0.25) is 0 Å². The lowest BCUT2D eigenvalue weighted by Crippen LogP contribution is -2.47. The number of hydrogen-bond acceptors (Lipinski definition) is 5. The van der Waals surface area contributed by atoms with E-state index in [1.165, 1.54) is 28.6 Å². The highest BCUT2D eigenvalue weighted by molar-refractivity contribution is 7.93. The molecule has 2 aliphatic heterocycles. The van der Waals surface area contributed by atoms with Gasteiger partial charge in [-0.15, -0.1) is 0 Å². The molecule has 142 valence electrons. The van der Waals surface area contributed by atoms with E-state index in [-0.39, 0.29) is 22.5 Å². The van der Waals surface area contributed by atoms with Crippen molar-refractivity contribution >= 4 is 21.4 Å². The SMILES string of the molecule is Cc1ccc2c(c1)[C@@H]1CN(C)CC[C@H]1N2S(=O)(=O)c1ccccc1[N+](=O)[O-]. The summed E-state index contributed by atoms with van der Waals surface area (Å²) >= 11 is 0. The van der Waals surface area contributed by atoms with Gasteiger partial charge in [0.1, 0.15) is 0 Å². The molecule has 0 bridgehead atoms. The van der Waals surface area contributed by atoms with Crippen LogP contribution in [0.4, 0.5) is 11.4 Å². The first-order valence-corrected chi connectivity index (χ1v) is 10.3. The molecule has 2 aromatic rings. The Balaban J connectivity index is 1.90. The Kier molecular flexibility index (Phi) is 4.20. The van der Waals surface area contributed by atoms with E-state index in [1.807, 2.05) is 32.2 Å². The minimum Gasteiger partial charge on any atom is -0.306 e. The monoisotopic (exact) mass is 387 g/mol. The number of sulfonamides is 1. The highest BCUT2D eigenvalue weighted by Gasteiger charge is 2.47. The van der Waals surface area contributed by atoms with Crippen LogP contribution in [-0.2, 0) is 10.0 Å². The quantitative estimate of drug-likeness (QED) is 0.597. The molecule has 0 radical (unpaired) electrons. The minimum absolute atomic E-state index is 0.0659. The van der Waals surface area contributed by atoms with Gasteiger partial charge in [0.2, 0.25) is 0 Å². The van der Waals surface area contributed by atoms with Crippen molar-refractivity contribution in [1.82, 2.24) is 4.90 Å². The van der Waals surface area contributed by atoms with Crippen molar-refractivity contribution in [3.8, 4) is 0 Å². The van der Waals surface area contributed by atoms with E-state index < -0.39 is 14.9 Å².